The van der Waals surface area contributed by atoms with Crippen molar-refractivity contribution in [3.05, 3.63) is 28.8 Å². The lowest BCUT2D eigenvalue weighted by Crippen LogP contribution is -2.40. The van der Waals surface area contributed by atoms with E-state index in [-0.39, 0.29) is 24.2 Å². The van der Waals surface area contributed by atoms with E-state index in [1.165, 1.54) is 12.1 Å². The van der Waals surface area contributed by atoms with E-state index in [4.69, 9.17) is 9.11 Å². The van der Waals surface area contributed by atoms with E-state index in [0.717, 1.165) is 0 Å². The van der Waals surface area contributed by atoms with Gasteiger partial charge in [0.05, 0.1) is 30.3 Å². The molecule has 0 fully saturated rings. The molecule has 210 valence electrons. The number of carbonyl (C=O) groups excluding carboxylic acids is 4. The molecule has 1 aromatic rings. The van der Waals surface area contributed by atoms with Gasteiger partial charge in [-0.05, 0) is 19.1 Å². The molecule has 15 nitrogen and oxygen atoms in total. The largest absolute Gasteiger partial charge is 0.353 e. The normalized spacial score (nSPS) is 14.2. The number of nitrogens with zero attached hydrogens (tertiary/aromatic N) is 1. The van der Waals surface area contributed by atoms with Crippen LogP contribution in [0.4, 0.5) is 5.69 Å². The molecule has 0 spiro atoms. The second-order valence-corrected chi connectivity index (χ2v) is 12.0. The summed E-state index contributed by atoms with van der Waals surface area (Å²) in [6, 6.07) is 2.73. The molecular weight excluding hydrogens is 546 g/mol. The maximum atomic E-state index is 13.0. The first-order chi connectivity index (χ1) is 17.4. The number of aliphatic imine (C=N–C) groups is 1. The molecule has 4 amide bonds. The molecule has 0 unspecified atom stereocenters. The first-order valence-corrected chi connectivity index (χ1v) is 14.4. The molecule has 0 bridgehead atoms. The lowest BCUT2D eigenvalue weighted by molar-refractivity contribution is -0.120. The summed E-state index contributed by atoms with van der Waals surface area (Å²) in [5.41, 5.74) is 0.898. The average Bonchev–Trinajstić information content (AvgIpc) is 3.01. The standard InChI is InChI=1S/C21H29N5O10S2/c1-12-21(2,3)18-14(20(30)25-11-17(28)23-5-7-38(34,35)36)8-13(9-15(18)26-12)19(29)24-10-16(27)22-4-6-37(31,32)33/h8-9H,4-7,10-11H2,1-3H3,(H,22,27)(H,23,28)(H,24,29)(H,25,30)(H,31,32,33)(H,34,35,36). The van der Waals surface area contributed by atoms with Crippen LogP contribution >= 0.6 is 0 Å². The van der Waals surface area contributed by atoms with Crippen molar-refractivity contribution < 1.29 is 45.1 Å². The maximum absolute atomic E-state index is 13.0. The fourth-order valence-electron chi connectivity index (χ4n) is 3.47. The first kappa shape index (κ1) is 30.8. The molecule has 0 aromatic heterocycles. The van der Waals surface area contributed by atoms with Crippen LogP contribution in [0.15, 0.2) is 17.1 Å². The highest BCUT2D eigenvalue weighted by atomic mass is 32.2. The summed E-state index contributed by atoms with van der Waals surface area (Å²) in [5, 5.41) is 9.20. The highest BCUT2D eigenvalue weighted by Gasteiger charge is 2.37. The van der Waals surface area contributed by atoms with Crippen LogP contribution < -0.4 is 21.3 Å². The van der Waals surface area contributed by atoms with Crippen LogP contribution in [0.5, 0.6) is 0 Å². The van der Waals surface area contributed by atoms with Gasteiger partial charge in [-0.2, -0.15) is 16.8 Å². The SMILES string of the molecule is CC1=Nc2cc(C(=O)NCC(=O)NCCS(=O)(=O)O)cc(C(=O)NCC(=O)NCCS(=O)(=O)O)c2C1(C)C. The maximum Gasteiger partial charge on any atom is 0.266 e. The number of rotatable bonds is 12. The molecule has 1 aromatic carbocycles. The summed E-state index contributed by atoms with van der Waals surface area (Å²) in [4.78, 5) is 54.0. The van der Waals surface area contributed by atoms with Crippen molar-refractivity contribution in [2.24, 2.45) is 4.99 Å². The minimum Gasteiger partial charge on any atom is -0.353 e. The lowest BCUT2D eigenvalue weighted by Gasteiger charge is -2.23. The van der Waals surface area contributed by atoms with Gasteiger partial charge in [-0.3, -0.25) is 33.3 Å². The van der Waals surface area contributed by atoms with Gasteiger partial charge < -0.3 is 21.3 Å². The number of hydrogen-bond donors (Lipinski definition) is 6. The number of amides is 4. The Labute approximate surface area is 219 Å². The van der Waals surface area contributed by atoms with Gasteiger partial charge in [0.15, 0.2) is 0 Å². The van der Waals surface area contributed by atoms with Gasteiger partial charge in [-0.25, -0.2) is 0 Å². The van der Waals surface area contributed by atoms with Gasteiger partial charge in [0.1, 0.15) is 0 Å². The summed E-state index contributed by atoms with van der Waals surface area (Å²) in [6.07, 6.45) is 0. The summed E-state index contributed by atoms with van der Waals surface area (Å²) in [7, 11) is -8.52. The third-order valence-corrected chi connectivity index (χ3v) is 7.07. The zero-order valence-electron chi connectivity index (χ0n) is 20.8. The molecule has 0 aliphatic carbocycles. The molecule has 1 aliphatic rings. The molecule has 1 heterocycles. The van der Waals surface area contributed by atoms with Gasteiger partial charge in [0.2, 0.25) is 11.8 Å². The predicted octanol–water partition coefficient (Wildman–Crippen LogP) is -1.46. The predicted molar refractivity (Wildman–Crippen MR) is 136 cm³/mol. The van der Waals surface area contributed by atoms with Crippen LogP contribution in [0.1, 0.15) is 47.1 Å². The molecule has 17 heteroatoms. The molecule has 0 saturated carbocycles. The molecule has 0 saturated heterocycles. The number of hydrogen-bond acceptors (Lipinski definition) is 9. The van der Waals surface area contributed by atoms with Crippen molar-refractivity contribution in [2.75, 3.05) is 37.7 Å². The van der Waals surface area contributed by atoms with Crippen LogP contribution in [0, 0.1) is 0 Å². The van der Waals surface area contributed by atoms with E-state index < -0.39 is 73.9 Å². The Morgan fingerprint density at radius 2 is 1.29 bits per heavy atom. The summed E-state index contributed by atoms with van der Waals surface area (Å²) < 4.78 is 60.3. The van der Waals surface area contributed by atoms with E-state index in [1.54, 1.807) is 6.92 Å². The fraction of sp³-hybridized carbons (Fsp3) is 0.476. The topological polar surface area (TPSA) is 237 Å². The van der Waals surface area contributed by atoms with Gasteiger partial charge in [-0.15, -0.1) is 0 Å². The van der Waals surface area contributed by atoms with E-state index in [2.05, 4.69) is 26.3 Å². The van der Waals surface area contributed by atoms with Crippen LogP contribution in [0.25, 0.3) is 0 Å². The van der Waals surface area contributed by atoms with Crippen molar-refractivity contribution >= 4 is 55.3 Å². The summed E-state index contributed by atoms with van der Waals surface area (Å²) in [6.45, 7) is 3.66. The Bertz CT molecular complexity index is 1380. The van der Waals surface area contributed by atoms with Gasteiger partial charge >= 0.3 is 0 Å². The monoisotopic (exact) mass is 575 g/mol. The Balaban J connectivity index is 2.15. The number of nitrogens with one attached hydrogen (secondary N) is 4. The summed E-state index contributed by atoms with van der Waals surface area (Å²) >= 11 is 0. The van der Waals surface area contributed by atoms with Crippen molar-refractivity contribution in [1.82, 2.24) is 21.3 Å². The Hall–Kier alpha value is -3.41. The molecular formula is C21H29N5O10S2. The molecule has 1 aliphatic heterocycles. The van der Waals surface area contributed by atoms with Crippen molar-refractivity contribution in [2.45, 2.75) is 26.2 Å². The third kappa shape index (κ3) is 8.86. The minimum atomic E-state index is -4.26. The van der Waals surface area contributed by atoms with Gasteiger partial charge in [0, 0.05) is 40.9 Å². The van der Waals surface area contributed by atoms with E-state index in [0.29, 0.717) is 17.0 Å². The van der Waals surface area contributed by atoms with E-state index >= 15 is 0 Å². The van der Waals surface area contributed by atoms with Gasteiger partial charge in [0.25, 0.3) is 32.1 Å². The average molecular weight is 576 g/mol. The molecule has 0 radical (unpaired) electrons. The van der Waals surface area contributed by atoms with Crippen LogP contribution in [0.3, 0.4) is 0 Å². The Morgan fingerprint density at radius 1 is 0.816 bits per heavy atom. The minimum absolute atomic E-state index is 0.00788. The smallest absolute Gasteiger partial charge is 0.266 e. The second-order valence-electron chi connectivity index (χ2n) is 8.88. The Kier molecular flexibility index (Phi) is 9.71. The van der Waals surface area contributed by atoms with Crippen LogP contribution in [-0.2, 0) is 35.2 Å². The number of fused-ring (bicyclic) bond motifs is 1. The molecule has 2 rings (SSSR count). The fourth-order valence-corrected chi connectivity index (χ4v) is 4.19. The summed E-state index contributed by atoms with van der Waals surface area (Å²) in [5.74, 6) is -4.24. The number of carbonyl (C=O) groups is 4. The Morgan fingerprint density at radius 3 is 1.76 bits per heavy atom. The molecule has 0 atom stereocenters. The lowest BCUT2D eigenvalue weighted by atomic mass is 9.79. The third-order valence-electron chi connectivity index (χ3n) is 5.63. The highest BCUT2D eigenvalue weighted by Crippen LogP contribution is 2.42. The van der Waals surface area contributed by atoms with Gasteiger partial charge in [-0.1, -0.05) is 13.8 Å². The van der Waals surface area contributed by atoms with Crippen LogP contribution in [-0.4, -0.2) is 93.0 Å². The highest BCUT2D eigenvalue weighted by molar-refractivity contribution is 7.86. The quantitative estimate of drug-likeness (QED) is 0.158. The van der Waals surface area contributed by atoms with Crippen LogP contribution in [0.2, 0.25) is 0 Å². The van der Waals surface area contributed by atoms with E-state index in [1.807, 2.05) is 13.8 Å². The zero-order valence-corrected chi connectivity index (χ0v) is 22.5. The van der Waals surface area contributed by atoms with Crippen molar-refractivity contribution in [1.29, 1.82) is 0 Å². The second kappa shape index (κ2) is 12.0. The van der Waals surface area contributed by atoms with Crippen molar-refractivity contribution in [3.8, 4) is 0 Å². The number of benzene rings is 1. The molecule has 6 N–H and O–H groups in total. The molecule has 38 heavy (non-hydrogen) atoms. The zero-order chi connectivity index (χ0) is 28.9. The van der Waals surface area contributed by atoms with Crippen molar-refractivity contribution in [3.63, 3.8) is 0 Å². The van der Waals surface area contributed by atoms with E-state index in [9.17, 15) is 36.0 Å². The first-order valence-electron chi connectivity index (χ1n) is 11.1.